The molecule has 1 aromatic heterocycles. The van der Waals surface area contributed by atoms with Gasteiger partial charge in [-0.3, -0.25) is 14.9 Å². The molecule has 0 bridgehead atoms. The summed E-state index contributed by atoms with van der Waals surface area (Å²) in [4.78, 5) is 13.3. The van der Waals surface area contributed by atoms with Crippen LogP contribution in [0.2, 0.25) is 0 Å². The average molecular weight is 435 g/mol. The van der Waals surface area contributed by atoms with Crippen LogP contribution in [0.25, 0.3) is 0 Å². The molecule has 2 aromatic rings. The van der Waals surface area contributed by atoms with Gasteiger partial charge in [0.25, 0.3) is 0 Å². The van der Waals surface area contributed by atoms with Gasteiger partial charge in [-0.1, -0.05) is 30.3 Å². The van der Waals surface area contributed by atoms with E-state index in [9.17, 15) is 13.2 Å². The molecule has 8 heteroatoms. The van der Waals surface area contributed by atoms with E-state index in [0.717, 1.165) is 56.3 Å². The molecule has 0 saturated carbocycles. The quantitative estimate of drug-likeness (QED) is 0.502. The number of halogens is 3. The molecule has 0 aliphatic carbocycles. The van der Waals surface area contributed by atoms with E-state index >= 15 is 0 Å². The second-order valence-electron chi connectivity index (χ2n) is 8.23. The molecule has 1 aromatic carbocycles. The zero-order chi connectivity index (χ0) is 21.4. The summed E-state index contributed by atoms with van der Waals surface area (Å²) < 4.78 is 38.5. The molecule has 4 nitrogen and oxygen atoms in total. The molecule has 3 heterocycles. The number of rotatable bonds is 5. The molecule has 0 atom stereocenters. The van der Waals surface area contributed by atoms with Crippen LogP contribution in [0.3, 0.4) is 0 Å². The Morgan fingerprint density at radius 3 is 2.57 bits per heavy atom. The monoisotopic (exact) mass is 434 g/mol. The van der Waals surface area contributed by atoms with Crippen molar-refractivity contribution in [2.45, 2.75) is 25.6 Å². The highest BCUT2D eigenvalue weighted by atomic mass is 32.1. The lowest BCUT2D eigenvalue weighted by Crippen LogP contribution is -2.57. The van der Waals surface area contributed by atoms with Crippen LogP contribution in [0.15, 0.2) is 46.4 Å². The highest BCUT2D eigenvalue weighted by Gasteiger charge is 2.48. The molecule has 2 aliphatic heterocycles. The van der Waals surface area contributed by atoms with E-state index in [4.69, 9.17) is 0 Å². The van der Waals surface area contributed by atoms with Crippen molar-refractivity contribution in [1.82, 2.24) is 9.80 Å². The highest BCUT2D eigenvalue weighted by molar-refractivity contribution is 7.16. The number of aliphatic imine (C=N–C) groups is 2. The fourth-order valence-electron chi connectivity index (χ4n) is 4.66. The lowest BCUT2D eigenvalue weighted by molar-refractivity contribution is -0.126. The first-order valence-corrected chi connectivity index (χ1v) is 10.8. The van der Waals surface area contributed by atoms with E-state index in [1.54, 1.807) is 13.1 Å². The van der Waals surface area contributed by atoms with Gasteiger partial charge in [-0.2, -0.15) is 13.2 Å². The smallest absolute Gasteiger partial charge is 0.356 e. The van der Waals surface area contributed by atoms with Crippen LogP contribution in [0.4, 0.5) is 18.2 Å². The van der Waals surface area contributed by atoms with Gasteiger partial charge in [0.15, 0.2) is 0 Å². The van der Waals surface area contributed by atoms with Crippen LogP contribution in [-0.4, -0.2) is 61.8 Å². The Balaban J connectivity index is 1.43. The van der Waals surface area contributed by atoms with Crippen molar-refractivity contribution in [3.05, 3.63) is 52.4 Å². The number of hydrogen-bond donors (Lipinski definition) is 0. The lowest BCUT2D eigenvalue weighted by atomic mass is 9.79. The van der Waals surface area contributed by atoms with Crippen LogP contribution in [-0.2, 0) is 13.0 Å². The maximum atomic E-state index is 12.8. The number of amidine groups is 1. The SMILES string of the molecule is C=Nc1sc(CC(F)(F)F)cc1C(=NC)N1CCC2(CN(Cc3ccccc3)C2)C1. The molecule has 2 fully saturated rings. The number of benzene rings is 1. The van der Waals surface area contributed by atoms with Crippen molar-refractivity contribution < 1.29 is 13.2 Å². The van der Waals surface area contributed by atoms with Crippen molar-refractivity contribution in [1.29, 1.82) is 0 Å². The second-order valence-corrected chi connectivity index (χ2v) is 9.35. The topological polar surface area (TPSA) is 31.2 Å². The van der Waals surface area contributed by atoms with Crippen molar-refractivity contribution in [3.8, 4) is 0 Å². The fourth-order valence-corrected chi connectivity index (χ4v) is 5.64. The Labute approximate surface area is 178 Å². The van der Waals surface area contributed by atoms with Crippen LogP contribution in [0, 0.1) is 5.41 Å². The van der Waals surface area contributed by atoms with E-state index in [1.807, 2.05) is 6.07 Å². The average Bonchev–Trinajstić information content (AvgIpc) is 3.27. The minimum Gasteiger partial charge on any atom is -0.356 e. The van der Waals surface area contributed by atoms with Crippen molar-refractivity contribution >= 4 is 28.9 Å². The summed E-state index contributed by atoms with van der Waals surface area (Å²) in [6.45, 7) is 8.29. The van der Waals surface area contributed by atoms with Crippen molar-refractivity contribution in [2.24, 2.45) is 15.4 Å². The Kier molecular flexibility index (Phi) is 5.72. The summed E-state index contributed by atoms with van der Waals surface area (Å²) in [6, 6.07) is 12.0. The molecular weight excluding hydrogens is 409 g/mol. The Hall–Kier alpha value is -2.19. The molecule has 30 heavy (non-hydrogen) atoms. The standard InChI is InChI=1S/C22H25F3N4S/c1-26-19(18-10-17(11-22(23,24)25)30-20(18)27-2)29-9-8-21(15-29)13-28(14-21)12-16-6-4-3-5-7-16/h3-7,10H,2,8-9,11-15H2,1H3. The number of hydrogen-bond acceptors (Lipinski definition) is 4. The van der Waals surface area contributed by atoms with Gasteiger partial charge in [-0.05, 0) is 24.8 Å². The van der Waals surface area contributed by atoms with Crippen molar-refractivity contribution in [2.75, 3.05) is 33.2 Å². The number of likely N-dealkylation sites (tertiary alicyclic amines) is 2. The first-order valence-electron chi connectivity index (χ1n) is 9.95. The first kappa shape index (κ1) is 21.1. The molecule has 2 saturated heterocycles. The van der Waals surface area contributed by atoms with Gasteiger partial charge in [0.1, 0.15) is 10.8 Å². The third kappa shape index (κ3) is 4.44. The Morgan fingerprint density at radius 2 is 1.93 bits per heavy atom. The molecule has 160 valence electrons. The predicted molar refractivity (Wildman–Crippen MR) is 116 cm³/mol. The second kappa shape index (κ2) is 8.15. The summed E-state index contributed by atoms with van der Waals surface area (Å²) in [5, 5.41) is 0.509. The molecule has 0 amide bonds. The molecular formula is C22H25F3N4S. The predicted octanol–water partition coefficient (Wildman–Crippen LogP) is 4.77. The van der Waals surface area contributed by atoms with Gasteiger partial charge >= 0.3 is 6.18 Å². The number of nitrogens with zero attached hydrogens (tertiary/aromatic N) is 4. The van der Waals surface area contributed by atoms with Crippen LogP contribution in [0.5, 0.6) is 0 Å². The van der Waals surface area contributed by atoms with Gasteiger partial charge in [0.2, 0.25) is 0 Å². The van der Waals surface area contributed by atoms with Crippen LogP contribution < -0.4 is 0 Å². The lowest BCUT2D eigenvalue weighted by Gasteiger charge is -2.48. The molecule has 1 spiro atoms. The normalized spacial score (nSPS) is 19.3. The van der Waals surface area contributed by atoms with Crippen LogP contribution >= 0.6 is 11.3 Å². The van der Waals surface area contributed by atoms with Gasteiger partial charge in [-0.15, -0.1) is 11.3 Å². The third-order valence-electron chi connectivity index (χ3n) is 5.84. The van der Waals surface area contributed by atoms with Gasteiger partial charge in [-0.25, -0.2) is 0 Å². The Morgan fingerprint density at radius 1 is 1.20 bits per heavy atom. The van der Waals surface area contributed by atoms with Gasteiger partial charge in [0, 0.05) is 50.1 Å². The molecule has 0 unspecified atom stereocenters. The van der Waals surface area contributed by atoms with Gasteiger partial charge in [0.05, 0.1) is 12.0 Å². The number of thiophene rings is 1. The maximum Gasteiger partial charge on any atom is 0.393 e. The first-order chi connectivity index (χ1) is 14.3. The van der Waals surface area contributed by atoms with E-state index < -0.39 is 12.6 Å². The van der Waals surface area contributed by atoms with E-state index in [-0.39, 0.29) is 10.3 Å². The van der Waals surface area contributed by atoms with Crippen LogP contribution in [0.1, 0.15) is 22.4 Å². The zero-order valence-electron chi connectivity index (χ0n) is 17.0. The summed E-state index contributed by atoms with van der Waals surface area (Å²) in [5.74, 6) is 0.723. The minimum atomic E-state index is -4.24. The molecule has 0 N–H and O–H groups in total. The summed E-state index contributed by atoms with van der Waals surface area (Å²) in [7, 11) is 1.69. The van der Waals surface area contributed by atoms with Crippen molar-refractivity contribution in [3.63, 3.8) is 0 Å². The third-order valence-corrected chi connectivity index (χ3v) is 6.91. The molecule has 4 rings (SSSR count). The van der Waals surface area contributed by atoms with E-state index in [1.165, 1.54) is 5.56 Å². The van der Waals surface area contributed by atoms with E-state index in [0.29, 0.717) is 10.6 Å². The summed E-state index contributed by atoms with van der Waals surface area (Å²) >= 11 is 1.05. The number of alkyl halides is 3. The summed E-state index contributed by atoms with van der Waals surface area (Å²) in [6.07, 6.45) is -4.13. The maximum absolute atomic E-state index is 12.8. The minimum absolute atomic E-state index is 0.233. The zero-order valence-corrected chi connectivity index (χ0v) is 17.8. The Bertz CT molecular complexity index is 930. The fraction of sp³-hybridized carbons (Fsp3) is 0.455. The summed E-state index contributed by atoms with van der Waals surface area (Å²) in [5.41, 5.74) is 2.21. The van der Waals surface area contributed by atoms with Gasteiger partial charge < -0.3 is 4.90 Å². The molecule has 0 radical (unpaired) electrons. The largest absolute Gasteiger partial charge is 0.393 e. The van der Waals surface area contributed by atoms with E-state index in [2.05, 4.69) is 50.8 Å². The molecule has 2 aliphatic rings. The highest BCUT2D eigenvalue weighted by Crippen LogP contribution is 2.42.